The van der Waals surface area contributed by atoms with Crippen molar-refractivity contribution in [3.05, 3.63) is 54.1 Å². The first-order valence-corrected chi connectivity index (χ1v) is 8.98. The number of hydrogen-bond donors (Lipinski definition) is 2. The minimum atomic E-state index is -0.408. The van der Waals surface area contributed by atoms with Crippen LogP contribution >= 0.6 is 0 Å². The number of carbonyl (C=O) groups is 2. The number of hydrogen-bond acceptors (Lipinski definition) is 3. The lowest BCUT2D eigenvalue weighted by molar-refractivity contribution is -0.122. The molecule has 5 nitrogen and oxygen atoms in total. The second-order valence-electron chi connectivity index (χ2n) is 6.81. The lowest BCUT2D eigenvalue weighted by Crippen LogP contribution is -2.29. The van der Waals surface area contributed by atoms with E-state index < -0.39 is 5.92 Å². The van der Waals surface area contributed by atoms with Gasteiger partial charge in [0.2, 0.25) is 11.8 Å². The Morgan fingerprint density at radius 3 is 2.77 bits per heavy atom. The number of phenols is 1. The maximum Gasteiger partial charge on any atom is 0.229 e. The number of rotatable bonds is 5. The van der Waals surface area contributed by atoms with E-state index in [0.29, 0.717) is 18.2 Å². The van der Waals surface area contributed by atoms with Gasteiger partial charge in [-0.25, -0.2) is 0 Å². The van der Waals surface area contributed by atoms with Gasteiger partial charge in [-0.3, -0.25) is 9.59 Å². The first-order chi connectivity index (χ1) is 12.5. The fraction of sp³-hybridized carbons (Fsp3) is 0.333. The van der Waals surface area contributed by atoms with E-state index in [1.54, 1.807) is 23.1 Å². The van der Waals surface area contributed by atoms with Gasteiger partial charge in [0.1, 0.15) is 5.75 Å². The van der Waals surface area contributed by atoms with E-state index in [2.05, 4.69) is 25.2 Å². The molecule has 2 amide bonds. The molecule has 1 aliphatic heterocycles. The van der Waals surface area contributed by atoms with Crippen LogP contribution in [0, 0.1) is 5.92 Å². The van der Waals surface area contributed by atoms with Crippen molar-refractivity contribution in [3.8, 4) is 5.75 Å². The van der Waals surface area contributed by atoms with Crippen LogP contribution < -0.4 is 10.2 Å². The molecule has 2 aromatic rings. The van der Waals surface area contributed by atoms with E-state index in [-0.39, 0.29) is 24.0 Å². The van der Waals surface area contributed by atoms with Gasteiger partial charge in [0.05, 0.1) is 5.92 Å². The summed E-state index contributed by atoms with van der Waals surface area (Å²) in [5, 5.41) is 12.3. The topological polar surface area (TPSA) is 69.6 Å². The van der Waals surface area contributed by atoms with E-state index >= 15 is 0 Å². The van der Waals surface area contributed by atoms with E-state index in [1.165, 1.54) is 6.07 Å². The van der Waals surface area contributed by atoms with Gasteiger partial charge >= 0.3 is 0 Å². The van der Waals surface area contributed by atoms with Gasteiger partial charge in [-0.1, -0.05) is 38.1 Å². The number of phenolic OH excluding ortho intramolecular Hbond substituents is 1. The van der Waals surface area contributed by atoms with E-state index in [1.807, 2.05) is 18.2 Å². The molecular weight excluding hydrogens is 328 g/mol. The second kappa shape index (κ2) is 7.60. The summed E-state index contributed by atoms with van der Waals surface area (Å²) in [6.45, 7) is 4.64. The molecular formula is C21H24N2O3. The molecule has 0 radical (unpaired) electrons. The molecule has 0 bridgehead atoms. The van der Waals surface area contributed by atoms with E-state index in [4.69, 9.17) is 0 Å². The Bertz CT molecular complexity index is 818. The maximum absolute atomic E-state index is 12.6. The Labute approximate surface area is 153 Å². The summed E-state index contributed by atoms with van der Waals surface area (Å²) in [7, 11) is 0. The Morgan fingerprint density at radius 2 is 2.04 bits per heavy atom. The van der Waals surface area contributed by atoms with Crippen LogP contribution in [0.2, 0.25) is 0 Å². The van der Waals surface area contributed by atoms with Crippen molar-refractivity contribution in [2.24, 2.45) is 5.92 Å². The quantitative estimate of drug-likeness (QED) is 0.857. The minimum Gasteiger partial charge on any atom is -0.508 e. The normalized spacial score (nSPS) is 18.0. The first kappa shape index (κ1) is 18.0. The smallest absolute Gasteiger partial charge is 0.229 e. The Morgan fingerprint density at radius 1 is 1.27 bits per heavy atom. The maximum atomic E-state index is 12.6. The van der Waals surface area contributed by atoms with Crippen LogP contribution in [0.3, 0.4) is 0 Å². The number of nitrogens with one attached hydrogen (secondary N) is 1. The largest absolute Gasteiger partial charge is 0.508 e. The molecule has 5 heteroatoms. The van der Waals surface area contributed by atoms with Crippen molar-refractivity contribution in [3.63, 3.8) is 0 Å². The molecule has 2 aromatic carbocycles. The highest BCUT2D eigenvalue weighted by Gasteiger charge is 2.36. The van der Waals surface area contributed by atoms with E-state index in [0.717, 1.165) is 17.7 Å². The van der Waals surface area contributed by atoms with Gasteiger partial charge in [0.25, 0.3) is 0 Å². The van der Waals surface area contributed by atoms with Crippen LogP contribution in [-0.4, -0.2) is 23.5 Å². The van der Waals surface area contributed by atoms with Gasteiger partial charge in [0, 0.05) is 30.4 Å². The minimum absolute atomic E-state index is 0.0307. The number of amides is 2. The molecule has 0 aliphatic carbocycles. The summed E-state index contributed by atoms with van der Waals surface area (Å²) in [5.41, 5.74) is 2.57. The molecule has 1 fully saturated rings. The SMILES string of the molecule is CCC(C)c1ccccc1N1CC(C(=O)Nc2cccc(O)c2)CC1=O. The third-order valence-corrected chi connectivity index (χ3v) is 4.98. The van der Waals surface area contributed by atoms with Crippen LogP contribution in [0.25, 0.3) is 0 Å². The molecule has 26 heavy (non-hydrogen) atoms. The molecule has 0 saturated carbocycles. The molecule has 0 aromatic heterocycles. The summed E-state index contributed by atoms with van der Waals surface area (Å²) in [4.78, 5) is 26.8. The fourth-order valence-corrected chi connectivity index (χ4v) is 3.31. The van der Waals surface area contributed by atoms with Crippen molar-refractivity contribution >= 4 is 23.2 Å². The standard InChI is InChI=1S/C21H24N2O3/c1-3-14(2)18-9-4-5-10-19(18)23-13-15(11-20(23)25)21(26)22-16-7-6-8-17(24)12-16/h4-10,12,14-15,24H,3,11,13H2,1-2H3,(H,22,26). The number of nitrogens with zero attached hydrogens (tertiary/aromatic N) is 1. The summed E-state index contributed by atoms with van der Waals surface area (Å²) in [6, 6.07) is 14.3. The summed E-state index contributed by atoms with van der Waals surface area (Å²) >= 11 is 0. The average molecular weight is 352 g/mol. The predicted octanol–water partition coefficient (Wildman–Crippen LogP) is 3.90. The monoisotopic (exact) mass is 352 g/mol. The molecule has 0 spiro atoms. The van der Waals surface area contributed by atoms with Crippen molar-refractivity contribution in [1.82, 2.24) is 0 Å². The molecule has 2 atom stereocenters. The summed E-state index contributed by atoms with van der Waals surface area (Å²) in [5.74, 6) is -0.201. The zero-order chi connectivity index (χ0) is 18.7. The third-order valence-electron chi connectivity index (χ3n) is 4.98. The molecule has 2 N–H and O–H groups in total. The number of aromatic hydroxyl groups is 1. The molecule has 1 aliphatic rings. The van der Waals surface area contributed by atoms with E-state index in [9.17, 15) is 14.7 Å². The van der Waals surface area contributed by atoms with Crippen LogP contribution in [0.5, 0.6) is 5.75 Å². The summed E-state index contributed by atoms with van der Waals surface area (Å²) in [6.07, 6.45) is 1.18. The number of benzene rings is 2. The summed E-state index contributed by atoms with van der Waals surface area (Å²) < 4.78 is 0. The first-order valence-electron chi connectivity index (χ1n) is 8.98. The predicted molar refractivity (Wildman–Crippen MR) is 102 cm³/mol. The van der Waals surface area contributed by atoms with Gasteiger partial charge in [-0.2, -0.15) is 0 Å². The Balaban J connectivity index is 1.76. The van der Waals surface area contributed by atoms with Gasteiger partial charge in [0.15, 0.2) is 0 Å². The molecule has 136 valence electrons. The third kappa shape index (κ3) is 3.72. The molecule has 1 heterocycles. The van der Waals surface area contributed by atoms with Crippen LogP contribution in [-0.2, 0) is 9.59 Å². The van der Waals surface area contributed by atoms with Crippen LogP contribution in [0.4, 0.5) is 11.4 Å². The lowest BCUT2D eigenvalue weighted by Gasteiger charge is -2.23. The Kier molecular flexibility index (Phi) is 5.26. The number of anilines is 2. The number of para-hydroxylation sites is 1. The average Bonchev–Trinajstić information content (AvgIpc) is 3.03. The van der Waals surface area contributed by atoms with Gasteiger partial charge < -0.3 is 15.3 Å². The lowest BCUT2D eigenvalue weighted by atomic mass is 9.96. The highest BCUT2D eigenvalue weighted by Crippen LogP contribution is 2.33. The van der Waals surface area contributed by atoms with Gasteiger partial charge in [-0.05, 0) is 36.1 Å². The van der Waals surface area contributed by atoms with Gasteiger partial charge in [-0.15, -0.1) is 0 Å². The zero-order valence-corrected chi connectivity index (χ0v) is 15.1. The highest BCUT2D eigenvalue weighted by molar-refractivity contribution is 6.04. The van der Waals surface area contributed by atoms with Crippen LogP contribution in [0.15, 0.2) is 48.5 Å². The number of carbonyl (C=O) groups excluding carboxylic acids is 2. The fourth-order valence-electron chi connectivity index (χ4n) is 3.31. The Hall–Kier alpha value is -2.82. The van der Waals surface area contributed by atoms with Crippen LogP contribution in [0.1, 0.15) is 38.2 Å². The highest BCUT2D eigenvalue weighted by atomic mass is 16.3. The van der Waals surface area contributed by atoms with Crippen molar-refractivity contribution < 1.29 is 14.7 Å². The second-order valence-corrected chi connectivity index (χ2v) is 6.81. The molecule has 2 unspecified atom stereocenters. The van der Waals surface area contributed by atoms with Crippen molar-refractivity contribution in [1.29, 1.82) is 0 Å². The molecule has 3 rings (SSSR count). The van der Waals surface area contributed by atoms with Crippen molar-refractivity contribution in [2.75, 3.05) is 16.8 Å². The zero-order valence-electron chi connectivity index (χ0n) is 15.1. The van der Waals surface area contributed by atoms with Crippen molar-refractivity contribution in [2.45, 2.75) is 32.6 Å². The molecule has 1 saturated heterocycles.